The van der Waals surface area contributed by atoms with Crippen molar-refractivity contribution in [3.63, 3.8) is 0 Å². The monoisotopic (exact) mass is 233 g/mol. The highest BCUT2D eigenvalue weighted by Crippen LogP contribution is 2.04. The Kier molecular flexibility index (Phi) is 5.63. The molecular formula is C9H16ClN3O2. The van der Waals surface area contributed by atoms with Crippen LogP contribution >= 0.6 is 11.6 Å². The summed E-state index contributed by atoms with van der Waals surface area (Å²) in [6, 6.07) is 0. The first kappa shape index (κ1) is 12.4. The van der Waals surface area contributed by atoms with Crippen LogP contribution in [0.15, 0.2) is 12.4 Å². The van der Waals surface area contributed by atoms with Crippen LogP contribution in [0, 0.1) is 0 Å². The molecule has 86 valence electrons. The van der Waals surface area contributed by atoms with E-state index in [-0.39, 0.29) is 0 Å². The lowest BCUT2D eigenvalue weighted by Gasteiger charge is -2.11. The van der Waals surface area contributed by atoms with E-state index in [9.17, 15) is 5.11 Å². The summed E-state index contributed by atoms with van der Waals surface area (Å²) in [7, 11) is 1.64. The van der Waals surface area contributed by atoms with Crippen LogP contribution in [-0.4, -0.2) is 47.8 Å². The molecule has 0 aliphatic heterocycles. The molecule has 1 rings (SSSR count). The van der Waals surface area contributed by atoms with E-state index in [4.69, 9.17) is 16.3 Å². The van der Waals surface area contributed by atoms with Crippen LogP contribution in [0.25, 0.3) is 0 Å². The largest absolute Gasteiger partial charge is 0.390 e. The molecule has 1 aromatic heterocycles. The number of nitrogens with one attached hydrogen (secondary N) is 1. The summed E-state index contributed by atoms with van der Waals surface area (Å²) in [5, 5.41) is 17.2. The van der Waals surface area contributed by atoms with E-state index in [0.29, 0.717) is 24.7 Å². The van der Waals surface area contributed by atoms with E-state index >= 15 is 0 Å². The zero-order chi connectivity index (χ0) is 11.1. The van der Waals surface area contributed by atoms with Gasteiger partial charge < -0.3 is 15.2 Å². The second kappa shape index (κ2) is 6.79. The second-order valence-corrected chi connectivity index (χ2v) is 3.67. The predicted octanol–water partition coefficient (Wildman–Crippen LogP) is 0.133. The highest BCUT2D eigenvalue weighted by Gasteiger charge is 2.05. The summed E-state index contributed by atoms with van der Waals surface area (Å²) in [5.74, 6) is 0. The van der Waals surface area contributed by atoms with Crippen LogP contribution in [-0.2, 0) is 11.3 Å². The normalized spacial score (nSPS) is 13.0. The molecule has 2 N–H and O–H groups in total. The Hall–Kier alpha value is -0.620. The van der Waals surface area contributed by atoms with E-state index in [1.165, 1.54) is 0 Å². The van der Waals surface area contributed by atoms with E-state index in [0.717, 1.165) is 6.54 Å². The SMILES string of the molecule is COCCNCC(O)Cn1cc(Cl)cn1. The third-order valence-electron chi connectivity index (χ3n) is 1.86. The molecule has 6 heteroatoms. The van der Waals surface area contributed by atoms with Gasteiger partial charge in [-0.05, 0) is 0 Å². The number of nitrogens with zero attached hydrogens (tertiary/aromatic N) is 2. The number of rotatable bonds is 7. The second-order valence-electron chi connectivity index (χ2n) is 3.23. The van der Waals surface area contributed by atoms with Crippen molar-refractivity contribution < 1.29 is 9.84 Å². The van der Waals surface area contributed by atoms with Gasteiger partial charge in [-0.1, -0.05) is 11.6 Å². The standard InChI is InChI=1S/C9H16ClN3O2/c1-15-3-2-11-5-9(14)7-13-6-8(10)4-12-13/h4,6,9,11,14H,2-3,5,7H2,1H3. The number of aromatic nitrogens is 2. The summed E-state index contributed by atoms with van der Waals surface area (Å²) < 4.78 is 6.48. The number of hydrogen-bond donors (Lipinski definition) is 2. The zero-order valence-electron chi connectivity index (χ0n) is 8.69. The van der Waals surface area contributed by atoms with Crippen molar-refractivity contribution in [3.8, 4) is 0 Å². The lowest BCUT2D eigenvalue weighted by molar-refractivity contribution is 0.140. The maximum absolute atomic E-state index is 9.60. The third kappa shape index (κ3) is 5.13. The summed E-state index contributed by atoms with van der Waals surface area (Å²) in [6.07, 6.45) is 2.75. The van der Waals surface area contributed by atoms with Gasteiger partial charge in [0.15, 0.2) is 0 Å². The minimum absolute atomic E-state index is 0.437. The molecule has 1 aromatic rings. The van der Waals surface area contributed by atoms with Crippen molar-refractivity contribution in [1.29, 1.82) is 0 Å². The van der Waals surface area contributed by atoms with Gasteiger partial charge in [-0.15, -0.1) is 0 Å². The van der Waals surface area contributed by atoms with E-state index in [1.54, 1.807) is 24.2 Å². The minimum Gasteiger partial charge on any atom is -0.390 e. The fraction of sp³-hybridized carbons (Fsp3) is 0.667. The highest BCUT2D eigenvalue weighted by molar-refractivity contribution is 6.30. The molecule has 1 unspecified atom stereocenters. The maximum Gasteiger partial charge on any atom is 0.0860 e. The molecule has 0 aromatic carbocycles. The van der Waals surface area contributed by atoms with Gasteiger partial charge in [-0.25, -0.2) is 0 Å². The van der Waals surface area contributed by atoms with Gasteiger partial charge in [0, 0.05) is 26.4 Å². The van der Waals surface area contributed by atoms with Crippen molar-refractivity contribution in [3.05, 3.63) is 17.4 Å². The van der Waals surface area contributed by atoms with Crippen LogP contribution in [0.5, 0.6) is 0 Å². The average molecular weight is 234 g/mol. The molecule has 1 atom stereocenters. The number of ether oxygens (including phenoxy) is 1. The van der Waals surface area contributed by atoms with Crippen LogP contribution in [0.4, 0.5) is 0 Å². The first-order valence-corrected chi connectivity index (χ1v) is 5.16. The topological polar surface area (TPSA) is 59.3 Å². The smallest absolute Gasteiger partial charge is 0.0860 e. The molecule has 0 fully saturated rings. The van der Waals surface area contributed by atoms with E-state index in [2.05, 4.69) is 10.4 Å². The summed E-state index contributed by atoms with van der Waals surface area (Å²) in [5.41, 5.74) is 0. The van der Waals surface area contributed by atoms with Gasteiger partial charge in [0.25, 0.3) is 0 Å². The minimum atomic E-state index is -0.474. The number of halogens is 1. The Morgan fingerprint density at radius 2 is 2.53 bits per heavy atom. The lowest BCUT2D eigenvalue weighted by atomic mass is 10.3. The molecule has 0 saturated carbocycles. The van der Waals surface area contributed by atoms with Crippen molar-refractivity contribution in [2.45, 2.75) is 12.6 Å². The molecule has 1 heterocycles. The van der Waals surface area contributed by atoms with Crippen LogP contribution in [0.2, 0.25) is 5.02 Å². The number of aliphatic hydroxyl groups excluding tert-OH is 1. The Morgan fingerprint density at radius 3 is 3.13 bits per heavy atom. The van der Waals surface area contributed by atoms with Crippen LogP contribution < -0.4 is 5.32 Å². The molecule has 0 spiro atoms. The Labute approximate surface area is 94.0 Å². The first-order valence-electron chi connectivity index (χ1n) is 4.78. The van der Waals surface area contributed by atoms with Crippen LogP contribution in [0.1, 0.15) is 0 Å². The number of hydrogen-bond acceptors (Lipinski definition) is 4. The van der Waals surface area contributed by atoms with Gasteiger partial charge >= 0.3 is 0 Å². The van der Waals surface area contributed by atoms with Gasteiger partial charge in [0.2, 0.25) is 0 Å². The Morgan fingerprint density at radius 1 is 1.73 bits per heavy atom. The predicted molar refractivity (Wildman–Crippen MR) is 58.0 cm³/mol. The summed E-state index contributed by atoms with van der Waals surface area (Å²) >= 11 is 5.69. The number of aliphatic hydroxyl groups is 1. The van der Waals surface area contributed by atoms with E-state index < -0.39 is 6.10 Å². The van der Waals surface area contributed by atoms with Gasteiger partial charge in [-0.2, -0.15) is 5.10 Å². The molecular weight excluding hydrogens is 218 g/mol. The molecule has 0 amide bonds. The molecule has 0 radical (unpaired) electrons. The van der Waals surface area contributed by atoms with Crippen molar-refractivity contribution in [2.24, 2.45) is 0 Å². The molecule has 0 aliphatic rings. The number of methoxy groups -OCH3 is 1. The molecule has 15 heavy (non-hydrogen) atoms. The van der Waals surface area contributed by atoms with Gasteiger partial charge in [-0.3, -0.25) is 4.68 Å². The van der Waals surface area contributed by atoms with Gasteiger partial charge in [0.1, 0.15) is 0 Å². The molecule has 0 saturated heterocycles. The average Bonchev–Trinajstić information content (AvgIpc) is 2.59. The van der Waals surface area contributed by atoms with Crippen molar-refractivity contribution >= 4 is 11.6 Å². The fourth-order valence-corrected chi connectivity index (χ4v) is 1.32. The first-order chi connectivity index (χ1) is 7.22. The maximum atomic E-state index is 9.60. The summed E-state index contributed by atoms with van der Waals surface area (Å²) in [6.45, 7) is 2.32. The molecule has 0 aliphatic carbocycles. The fourth-order valence-electron chi connectivity index (χ4n) is 1.16. The lowest BCUT2D eigenvalue weighted by Crippen LogP contribution is -2.32. The van der Waals surface area contributed by atoms with Crippen LogP contribution in [0.3, 0.4) is 0 Å². The zero-order valence-corrected chi connectivity index (χ0v) is 9.44. The van der Waals surface area contributed by atoms with Crippen molar-refractivity contribution in [1.82, 2.24) is 15.1 Å². The molecule has 5 nitrogen and oxygen atoms in total. The van der Waals surface area contributed by atoms with Gasteiger partial charge in [0.05, 0.1) is 30.5 Å². The van der Waals surface area contributed by atoms with Crippen molar-refractivity contribution in [2.75, 3.05) is 26.8 Å². The van der Waals surface area contributed by atoms with E-state index in [1.807, 2.05) is 0 Å². The quantitative estimate of drug-likeness (QED) is 0.658. The molecule has 0 bridgehead atoms. The third-order valence-corrected chi connectivity index (χ3v) is 2.06. The Balaban J connectivity index is 2.15. The summed E-state index contributed by atoms with van der Waals surface area (Å²) in [4.78, 5) is 0. The Bertz CT molecular complexity index is 280. The highest BCUT2D eigenvalue weighted by atomic mass is 35.5.